The lowest BCUT2D eigenvalue weighted by Gasteiger charge is -2.15. The van der Waals surface area contributed by atoms with E-state index in [1.54, 1.807) is 0 Å². The zero-order chi connectivity index (χ0) is 17.6. The van der Waals surface area contributed by atoms with Crippen molar-refractivity contribution in [2.45, 2.75) is 0 Å². The van der Waals surface area contributed by atoms with Crippen LogP contribution < -0.4 is 10.6 Å². The van der Waals surface area contributed by atoms with E-state index in [0.717, 1.165) is 22.7 Å². The summed E-state index contributed by atoms with van der Waals surface area (Å²) in [5, 5.41) is 7.03. The highest BCUT2D eigenvalue weighted by molar-refractivity contribution is 5.84. The number of hydrogen-bond donors (Lipinski definition) is 2. The molecular weight excluding hydrogens is 316 g/mol. The predicted octanol–water partition coefficient (Wildman–Crippen LogP) is 6.84. The first-order chi connectivity index (χ1) is 12.9. The molecule has 2 nitrogen and oxygen atoms in total. The van der Waals surface area contributed by atoms with Crippen LogP contribution in [0.15, 0.2) is 109 Å². The van der Waals surface area contributed by atoms with Crippen LogP contribution >= 0.6 is 0 Å². The molecule has 26 heavy (non-hydrogen) atoms. The molecule has 4 aromatic rings. The normalized spacial score (nSPS) is 10.3. The molecule has 0 saturated carbocycles. The molecule has 4 rings (SSSR count). The fourth-order valence-electron chi connectivity index (χ4n) is 2.96. The molecule has 0 amide bonds. The van der Waals surface area contributed by atoms with E-state index in [-0.39, 0.29) is 0 Å². The Kier molecular flexibility index (Phi) is 4.66. The van der Waals surface area contributed by atoms with Gasteiger partial charge >= 0.3 is 0 Å². The zero-order valence-electron chi connectivity index (χ0n) is 14.4. The van der Waals surface area contributed by atoms with Gasteiger partial charge in [0.1, 0.15) is 0 Å². The molecule has 2 N–H and O–H groups in total. The number of hydrogen-bond acceptors (Lipinski definition) is 2. The summed E-state index contributed by atoms with van der Waals surface area (Å²) in [7, 11) is 0. The molecule has 4 aromatic carbocycles. The van der Waals surface area contributed by atoms with Gasteiger partial charge in [0.15, 0.2) is 0 Å². The van der Waals surface area contributed by atoms with E-state index in [0.29, 0.717) is 0 Å². The lowest BCUT2D eigenvalue weighted by molar-refractivity contribution is 1.50. The maximum atomic E-state index is 3.56. The van der Waals surface area contributed by atoms with Gasteiger partial charge in [-0.3, -0.25) is 0 Å². The molecule has 0 bridgehead atoms. The predicted molar refractivity (Wildman–Crippen MR) is 111 cm³/mol. The fourth-order valence-corrected chi connectivity index (χ4v) is 2.96. The Bertz CT molecular complexity index is 965. The molecule has 0 aliphatic carbocycles. The van der Waals surface area contributed by atoms with E-state index >= 15 is 0 Å². The van der Waals surface area contributed by atoms with Crippen LogP contribution in [0.3, 0.4) is 0 Å². The Morgan fingerprint density at radius 2 is 0.962 bits per heavy atom. The smallest absolute Gasteiger partial charge is 0.0484 e. The minimum atomic E-state index is 1.05. The summed E-state index contributed by atoms with van der Waals surface area (Å²) in [5.41, 5.74) is 6.63. The average Bonchev–Trinajstić information content (AvgIpc) is 2.70. The van der Waals surface area contributed by atoms with Crippen molar-refractivity contribution in [1.82, 2.24) is 0 Å². The number of rotatable bonds is 5. The minimum Gasteiger partial charge on any atom is -0.355 e. The highest BCUT2D eigenvalue weighted by Crippen LogP contribution is 2.33. The van der Waals surface area contributed by atoms with Crippen molar-refractivity contribution in [3.05, 3.63) is 109 Å². The third-order valence-electron chi connectivity index (χ3n) is 4.22. The molecule has 0 fully saturated rings. The van der Waals surface area contributed by atoms with Crippen LogP contribution in [-0.2, 0) is 0 Å². The second kappa shape index (κ2) is 7.58. The second-order valence-electron chi connectivity index (χ2n) is 6.11. The zero-order valence-corrected chi connectivity index (χ0v) is 14.4. The Morgan fingerprint density at radius 1 is 0.423 bits per heavy atom. The molecule has 0 radical (unpaired) electrons. The summed E-state index contributed by atoms with van der Waals surface area (Å²) in [4.78, 5) is 0. The van der Waals surface area contributed by atoms with Crippen molar-refractivity contribution >= 4 is 22.7 Å². The van der Waals surface area contributed by atoms with Crippen molar-refractivity contribution in [3.63, 3.8) is 0 Å². The SMILES string of the molecule is c1ccc(Nc2ccc(-c3ccccc3)c(Nc3ccccc3)c2)cc1. The summed E-state index contributed by atoms with van der Waals surface area (Å²) in [6.07, 6.45) is 0. The van der Waals surface area contributed by atoms with Gasteiger partial charge in [-0.2, -0.15) is 0 Å². The molecule has 0 aromatic heterocycles. The van der Waals surface area contributed by atoms with E-state index in [2.05, 4.69) is 77.4 Å². The van der Waals surface area contributed by atoms with Crippen molar-refractivity contribution < 1.29 is 0 Å². The van der Waals surface area contributed by atoms with E-state index in [1.165, 1.54) is 11.1 Å². The molecule has 0 aliphatic rings. The molecule has 0 saturated heterocycles. The maximum absolute atomic E-state index is 3.56. The van der Waals surface area contributed by atoms with Gasteiger partial charge in [-0.05, 0) is 42.0 Å². The summed E-state index contributed by atoms with van der Waals surface area (Å²) < 4.78 is 0. The first kappa shape index (κ1) is 16.0. The standard InChI is InChI=1S/C24H20N2/c1-4-10-19(11-5-1)23-17-16-22(25-20-12-6-2-7-13-20)18-24(23)26-21-14-8-3-9-15-21/h1-18,25-26H. The van der Waals surface area contributed by atoms with Gasteiger partial charge in [0, 0.05) is 28.3 Å². The van der Waals surface area contributed by atoms with Gasteiger partial charge in [0.2, 0.25) is 0 Å². The first-order valence-corrected chi connectivity index (χ1v) is 8.72. The van der Waals surface area contributed by atoms with Crippen LogP contribution in [0.25, 0.3) is 11.1 Å². The fraction of sp³-hybridized carbons (Fsp3) is 0. The molecule has 0 aliphatic heterocycles. The molecule has 0 heterocycles. The van der Waals surface area contributed by atoms with E-state index < -0.39 is 0 Å². The molecule has 0 atom stereocenters. The maximum Gasteiger partial charge on any atom is 0.0484 e. The van der Waals surface area contributed by atoms with Crippen molar-refractivity contribution in [3.8, 4) is 11.1 Å². The Balaban J connectivity index is 1.72. The second-order valence-corrected chi connectivity index (χ2v) is 6.11. The largest absolute Gasteiger partial charge is 0.355 e. The van der Waals surface area contributed by atoms with Crippen molar-refractivity contribution in [2.24, 2.45) is 0 Å². The van der Waals surface area contributed by atoms with Gasteiger partial charge in [0.05, 0.1) is 0 Å². The number of anilines is 4. The highest BCUT2D eigenvalue weighted by atomic mass is 14.9. The Morgan fingerprint density at radius 3 is 1.58 bits per heavy atom. The van der Waals surface area contributed by atoms with Crippen LogP contribution in [0.1, 0.15) is 0 Å². The Hall–Kier alpha value is -3.52. The lowest BCUT2D eigenvalue weighted by atomic mass is 10.0. The number of nitrogens with one attached hydrogen (secondary N) is 2. The molecule has 0 unspecified atom stereocenters. The van der Waals surface area contributed by atoms with Crippen LogP contribution in [0.5, 0.6) is 0 Å². The molecule has 126 valence electrons. The first-order valence-electron chi connectivity index (χ1n) is 8.72. The monoisotopic (exact) mass is 336 g/mol. The van der Waals surface area contributed by atoms with E-state index in [4.69, 9.17) is 0 Å². The summed E-state index contributed by atoms with van der Waals surface area (Å²) >= 11 is 0. The van der Waals surface area contributed by atoms with Gasteiger partial charge in [0.25, 0.3) is 0 Å². The van der Waals surface area contributed by atoms with Crippen LogP contribution in [-0.4, -0.2) is 0 Å². The average molecular weight is 336 g/mol. The minimum absolute atomic E-state index is 1.05. The highest BCUT2D eigenvalue weighted by Gasteiger charge is 2.07. The van der Waals surface area contributed by atoms with Gasteiger partial charge < -0.3 is 10.6 Å². The topological polar surface area (TPSA) is 24.1 Å². The van der Waals surface area contributed by atoms with Crippen molar-refractivity contribution in [2.75, 3.05) is 10.6 Å². The summed E-state index contributed by atoms with van der Waals surface area (Å²) in [6.45, 7) is 0. The van der Waals surface area contributed by atoms with Crippen LogP contribution in [0.2, 0.25) is 0 Å². The van der Waals surface area contributed by atoms with E-state index in [9.17, 15) is 0 Å². The third kappa shape index (κ3) is 3.76. The van der Waals surface area contributed by atoms with Crippen molar-refractivity contribution in [1.29, 1.82) is 0 Å². The summed E-state index contributed by atoms with van der Waals surface area (Å²) in [6, 6.07) is 37.3. The Labute approximate surface area is 154 Å². The van der Waals surface area contributed by atoms with Gasteiger partial charge in [-0.25, -0.2) is 0 Å². The molecule has 2 heteroatoms. The van der Waals surface area contributed by atoms with E-state index in [1.807, 2.05) is 42.5 Å². The van der Waals surface area contributed by atoms with Gasteiger partial charge in [-0.1, -0.05) is 72.8 Å². The number of benzene rings is 4. The number of para-hydroxylation sites is 2. The van der Waals surface area contributed by atoms with Crippen LogP contribution in [0.4, 0.5) is 22.7 Å². The summed E-state index contributed by atoms with van der Waals surface area (Å²) in [5.74, 6) is 0. The van der Waals surface area contributed by atoms with Crippen LogP contribution in [0, 0.1) is 0 Å². The lowest BCUT2D eigenvalue weighted by Crippen LogP contribution is -1.96. The molecular formula is C24H20N2. The quantitative estimate of drug-likeness (QED) is 0.417. The molecule has 0 spiro atoms. The van der Waals surface area contributed by atoms with Gasteiger partial charge in [-0.15, -0.1) is 0 Å². The third-order valence-corrected chi connectivity index (χ3v) is 4.22.